The van der Waals surface area contributed by atoms with E-state index in [2.05, 4.69) is 19.9 Å². The van der Waals surface area contributed by atoms with E-state index in [-0.39, 0.29) is 22.5 Å². The van der Waals surface area contributed by atoms with Crippen molar-refractivity contribution in [1.82, 2.24) is 19.6 Å². The number of H-pyrrole nitrogens is 1. The number of nitrogens with zero attached hydrogens (tertiary/aromatic N) is 4. The number of rotatable bonds is 0. The van der Waals surface area contributed by atoms with Crippen LogP contribution in [0.1, 0.15) is 5.69 Å². The van der Waals surface area contributed by atoms with Gasteiger partial charge < -0.3 is 9.83 Å². The van der Waals surface area contributed by atoms with Crippen LogP contribution in [0.2, 0.25) is 0 Å². The van der Waals surface area contributed by atoms with E-state index in [0.717, 1.165) is 16.6 Å². The van der Waals surface area contributed by atoms with Gasteiger partial charge in [-0.3, -0.25) is 4.79 Å². The summed E-state index contributed by atoms with van der Waals surface area (Å²) in [4.78, 5) is 20.7. The van der Waals surface area contributed by atoms with E-state index in [1.54, 1.807) is 0 Å². The second-order valence-electron chi connectivity index (χ2n) is 3.93. The third-order valence-corrected chi connectivity index (χ3v) is 2.66. The molecule has 6 nitrogen and oxygen atoms in total. The molecule has 0 bridgehead atoms. The van der Waals surface area contributed by atoms with Gasteiger partial charge in [-0.25, -0.2) is 4.98 Å². The highest BCUT2D eigenvalue weighted by Gasteiger charge is 2.33. The number of alkyl halides is 3. The molecule has 0 spiro atoms. The molecule has 0 unspecified atom stereocenters. The minimum atomic E-state index is -4.63. The first-order valence-electron chi connectivity index (χ1n) is 5.27. The summed E-state index contributed by atoms with van der Waals surface area (Å²) in [6.07, 6.45) is -4.63. The Morgan fingerprint density at radius 1 is 1.35 bits per heavy atom. The summed E-state index contributed by atoms with van der Waals surface area (Å²) < 4.78 is 39.0. The summed E-state index contributed by atoms with van der Waals surface area (Å²) in [6.45, 7) is 6.84. The fourth-order valence-corrected chi connectivity index (χ4v) is 1.80. The monoisotopic (exact) mass is 279 g/mol. The zero-order valence-corrected chi connectivity index (χ0v) is 9.56. The first kappa shape index (κ1) is 12.2. The van der Waals surface area contributed by atoms with Gasteiger partial charge in [-0.05, 0) is 17.2 Å². The van der Waals surface area contributed by atoms with Crippen molar-refractivity contribution < 1.29 is 13.2 Å². The number of nitrogens with one attached hydrogen (secondary N) is 1. The molecule has 0 aliphatic heterocycles. The smallest absolute Gasteiger partial charge is 0.359 e. The topological polar surface area (TPSA) is 67.4 Å². The molecule has 0 aromatic carbocycles. The molecule has 3 heterocycles. The largest absolute Gasteiger partial charge is 0.433 e. The van der Waals surface area contributed by atoms with Crippen molar-refractivity contribution in [3.05, 3.63) is 45.7 Å². The van der Waals surface area contributed by atoms with Gasteiger partial charge in [0.25, 0.3) is 11.4 Å². The van der Waals surface area contributed by atoms with E-state index in [9.17, 15) is 18.0 Å². The molecule has 0 aliphatic carbocycles. The van der Waals surface area contributed by atoms with E-state index in [0.29, 0.717) is 0 Å². The maximum absolute atomic E-state index is 12.7. The molecule has 1 N–H and O–H groups in total. The Kier molecular flexibility index (Phi) is 2.31. The first-order chi connectivity index (χ1) is 9.40. The van der Waals surface area contributed by atoms with Crippen LogP contribution in [0.25, 0.3) is 21.5 Å². The second kappa shape index (κ2) is 3.80. The van der Waals surface area contributed by atoms with Gasteiger partial charge in [0.05, 0.1) is 5.39 Å². The standard InChI is InChI=1S/C11H4F3N5O/c1-15-7-4-8-17-10(20)5-2-3-6(11(12,13)14)16-9(5)19(8)18-7/h2-4H,(H,17,20). The van der Waals surface area contributed by atoms with Crippen LogP contribution < -0.4 is 5.56 Å². The lowest BCUT2D eigenvalue weighted by molar-refractivity contribution is -0.141. The maximum atomic E-state index is 12.7. The van der Waals surface area contributed by atoms with Crippen LogP contribution in [-0.4, -0.2) is 19.6 Å². The highest BCUT2D eigenvalue weighted by atomic mass is 19.4. The summed E-state index contributed by atoms with van der Waals surface area (Å²) in [6, 6.07) is 3.01. The zero-order valence-electron chi connectivity index (χ0n) is 9.56. The fourth-order valence-electron chi connectivity index (χ4n) is 1.80. The fraction of sp³-hybridized carbons (Fsp3) is 0.0909. The van der Waals surface area contributed by atoms with Crippen LogP contribution in [0.3, 0.4) is 0 Å². The quantitative estimate of drug-likeness (QED) is 0.641. The van der Waals surface area contributed by atoms with Gasteiger partial charge in [0, 0.05) is 6.07 Å². The van der Waals surface area contributed by atoms with Gasteiger partial charge in [0.15, 0.2) is 5.65 Å². The average molecular weight is 279 g/mol. The predicted octanol–water partition coefficient (Wildman–Crippen LogP) is 2.14. The summed E-state index contributed by atoms with van der Waals surface area (Å²) >= 11 is 0. The summed E-state index contributed by atoms with van der Waals surface area (Å²) in [5.41, 5.74) is -1.85. The number of aromatic nitrogens is 4. The van der Waals surface area contributed by atoms with Gasteiger partial charge >= 0.3 is 6.18 Å². The third-order valence-electron chi connectivity index (χ3n) is 2.66. The van der Waals surface area contributed by atoms with Gasteiger partial charge in [0.2, 0.25) is 0 Å². The number of hydrogen-bond donors (Lipinski definition) is 1. The SMILES string of the molecule is [C-]#[N+]c1cc2[nH]c(=O)c3ccc(C(F)(F)F)nc3n2n1. The van der Waals surface area contributed by atoms with Crippen LogP contribution in [0.5, 0.6) is 0 Å². The number of halogens is 3. The van der Waals surface area contributed by atoms with Gasteiger partial charge in [-0.2, -0.15) is 13.2 Å². The Hall–Kier alpha value is -2.89. The van der Waals surface area contributed by atoms with E-state index in [1.807, 2.05) is 0 Å². The lowest BCUT2D eigenvalue weighted by Gasteiger charge is -2.06. The summed E-state index contributed by atoms with van der Waals surface area (Å²) in [5.74, 6) is -0.0487. The van der Waals surface area contributed by atoms with E-state index in [1.165, 1.54) is 6.07 Å². The zero-order chi connectivity index (χ0) is 14.5. The Bertz CT molecular complexity index is 931. The molecule has 9 heteroatoms. The number of hydrogen-bond acceptors (Lipinski definition) is 3. The maximum Gasteiger partial charge on any atom is 0.433 e. The van der Waals surface area contributed by atoms with Crippen molar-refractivity contribution in [1.29, 1.82) is 0 Å². The molecule has 0 aliphatic rings. The summed E-state index contributed by atoms with van der Waals surface area (Å²) in [5, 5.41) is 3.75. The average Bonchev–Trinajstić information content (AvgIpc) is 2.80. The van der Waals surface area contributed by atoms with Crippen LogP contribution in [0.15, 0.2) is 23.0 Å². The molecule has 0 saturated carbocycles. The Morgan fingerprint density at radius 3 is 2.75 bits per heavy atom. The van der Waals surface area contributed by atoms with Gasteiger partial charge in [-0.15, -0.1) is 4.52 Å². The molecule has 0 saturated heterocycles. The number of pyridine rings is 1. The molecule has 0 fully saturated rings. The molecule has 0 radical (unpaired) electrons. The minimum Gasteiger partial charge on any atom is -0.359 e. The van der Waals surface area contributed by atoms with Crippen molar-refractivity contribution in [2.45, 2.75) is 6.18 Å². The number of aromatic amines is 1. The molecule has 100 valence electrons. The molecular weight excluding hydrogens is 275 g/mol. The Morgan fingerprint density at radius 2 is 2.10 bits per heavy atom. The van der Waals surface area contributed by atoms with Crippen molar-refractivity contribution in [2.24, 2.45) is 0 Å². The van der Waals surface area contributed by atoms with Crippen LogP contribution in [0.4, 0.5) is 19.0 Å². The van der Waals surface area contributed by atoms with E-state index in [4.69, 9.17) is 6.57 Å². The van der Waals surface area contributed by atoms with Crippen molar-refractivity contribution in [3.63, 3.8) is 0 Å². The molecule has 3 aromatic rings. The predicted molar refractivity (Wildman–Crippen MR) is 62.4 cm³/mol. The molecule has 3 rings (SSSR count). The molecule has 0 amide bonds. The number of fused-ring (bicyclic) bond motifs is 3. The second-order valence-corrected chi connectivity index (χ2v) is 3.93. The molecule has 0 atom stereocenters. The van der Waals surface area contributed by atoms with Crippen LogP contribution >= 0.6 is 0 Å². The Balaban J connectivity index is 2.48. The van der Waals surface area contributed by atoms with Crippen molar-refractivity contribution >= 4 is 22.5 Å². The lowest BCUT2D eigenvalue weighted by Crippen LogP contribution is -2.14. The van der Waals surface area contributed by atoms with Crippen molar-refractivity contribution in [3.8, 4) is 0 Å². The van der Waals surface area contributed by atoms with Gasteiger partial charge in [0.1, 0.15) is 11.3 Å². The van der Waals surface area contributed by atoms with Crippen molar-refractivity contribution in [2.75, 3.05) is 0 Å². The highest BCUT2D eigenvalue weighted by Crippen LogP contribution is 2.28. The Labute approximate surface area is 108 Å². The summed E-state index contributed by atoms with van der Waals surface area (Å²) in [7, 11) is 0. The molecular formula is C11H4F3N5O. The van der Waals surface area contributed by atoms with E-state index >= 15 is 0 Å². The normalized spacial score (nSPS) is 11.9. The van der Waals surface area contributed by atoms with Crippen LogP contribution in [-0.2, 0) is 6.18 Å². The lowest BCUT2D eigenvalue weighted by atomic mass is 10.3. The highest BCUT2D eigenvalue weighted by molar-refractivity contribution is 5.77. The van der Waals surface area contributed by atoms with E-state index < -0.39 is 17.4 Å². The first-order valence-corrected chi connectivity index (χ1v) is 5.27. The molecule has 20 heavy (non-hydrogen) atoms. The van der Waals surface area contributed by atoms with Gasteiger partial charge in [-0.1, -0.05) is 6.57 Å². The third kappa shape index (κ3) is 1.70. The minimum absolute atomic E-state index is 0.0369. The van der Waals surface area contributed by atoms with Crippen LogP contribution in [0, 0.1) is 6.57 Å². The molecule has 3 aromatic heterocycles.